The molecule has 3 rings (SSSR count). The topological polar surface area (TPSA) is 70.5 Å². The van der Waals surface area contributed by atoms with E-state index < -0.39 is 10.0 Å². The maximum Gasteiger partial charge on any atom is 0.243 e. The number of fused-ring (bicyclic) bond motifs is 1. The summed E-state index contributed by atoms with van der Waals surface area (Å²) in [6.07, 6.45) is 6.47. The zero-order chi connectivity index (χ0) is 15.6. The zero-order valence-corrected chi connectivity index (χ0v) is 13.2. The largest absolute Gasteiger partial charge is 0.396 e. The van der Waals surface area contributed by atoms with Crippen LogP contribution in [0.25, 0.3) is 10.8 Å². The first kappa shape index (κ1) is 15.4. The second-order valence-electron chi connectivity index (χ2n) is 5.63. The molecule has 1 atom stereocenters. The minimum atomic E-state index is -3.57. The summed E-state index contributed by atoms with van der Waals surface area (Å²) in [5.74, 6) is 0. The Kier molecular flexibility index (Phi) is 4.42. The molecular formula is C16H20N2O3S. The molecule has 2 heterocycles. The molecule has 0 saturated carbocycles. The van der Waals surface area contributed by atoms with Crippen molar-refractivity contribution in [3.63, 3.8) is 0 Å². The molecule has 0 bridgehead atoms. The summed E-state index contributed by atoms with van der Waals surface area (Å²) < 4.78 is 27.8. The average molecular weight is 320 g/mol. The first-order valence-corrected chi connectivity index (χ1v) is 9.04. The van der Waals surface area contributed by atoms with Crippen LogP contribution in [0.4, 0.5) is 0 Å². The van der Waals surface area contributed by atoms with E-state index in [1.165, 1.54) is 0 Å². The van der Waals surface area contributed by atoms with Crippen molar-refractivity contribution in [3.8, 4) is 0 Å². The Morgan fingerprint density at radius 1 is 1.27 bits per heavy atom. The van der Waals surface area contributed by atoms with Crippen molar-refractivity contribution in [2.45, 2.75) is 36.6 Å². The molecule has 0 aliphatic carbocycles. The Bertz CT molecular complexity index is 754. The van der Waals surface area contributed by atoms with Crippen LogP contribution >= 0.6 is 0 Å². The van der Waals surface area contributed by atoms with E-state index in [4.69, 9.17) is 0 Å². The lowest BCUT2D eigenvalue weighted by Gasteiger charge is -2.34. The third-order valence-corrected chi connectivity index (χ3v) is 6.27. The fourth-order valence-corrected chi connectivity index (χ4v) is 5.11. The van der Waals surface area contributed by atoms with Gasteiger partial charge in [0.05, 0.1) is 4.90 Å². The van der Waals surface area contributed by atoms with E-state index in [0.717, 1.165) is 24.6 Å². The van der Waals surface area contributed by atoms with E-state index in [1.807, 2.05) is 6.07 Å². The molecule has 2 aromatic rings. The van der Waals surface area contributed by atoms with Crippen LogP contribution in [0.2, 0.25) is 0 Å². The highest BCUT2D eigenvalue weighted by atomic mass is 32.2. The fourth-order valence-electron chi connectivity index (χ4n) is 3.17. The number of aliphatic hydroxyl groups excluding tert-OH is 1. The van der Waals surface area contributed by atoms with Gasteiger partial charge in [-0.05, 0) is 31.4 Å². The predicted molar refractivity (Wildman–Crippen MR) is 85.0 cm³/mol. The minimum Gasteiger partial charge on any atom is -0.396 e. The summed E-state index contributed by atoms with van der Waals surface area (Å²) >= 11 is 0. The number of aromatic nitrogens is 1. The standard InChI is InChI=1S/C16H20N2O3S/c19-11-8-14-5-1-2-10-18(14)22(20,21)16-6-3-4-13-12-17-9-7-15(13)16/h3-4,6-7,9,12,14,19H,1-2,5,8,10-11H2. The number of benzene rings is 1. The monoisotopic (exact) mass is 320 g/mol. The number of nitrogens with zero attached hydrogens (tertiary/aromatic N) is 2. The third-order valence-electron chi connectivity index (χ3n) is 4.26. The van der Waals surface area contributed by atoms with Crippen LogP contribution in [0, 0.1) is 0 Å². The van der Waals surface area contributed by atoms with Crippen molar-refractivity contribution in [2.75, 3.05) is 13.2 Å². The molecule has 0 radical (unpaired) electrons. The fraction of sp³-hybridized carbons (Fsp3) is 0.438. The van der Waals surface area contributed by atoms with E-state index in [9.17, 15) is 13.5 Å². The number of hydrogen-bond donors (Lipinski definition) is 1. The van der Waals surface area contributed by atoms with Gasteiger partial charge in [0, 0.05) is 42.4 Å². The van der Waals surface area contributed by atoms with Crippen molar-refractivity contribution in [1.82, 2.24) is 9.29 Å². The lowest BCUT2D eigenvalue weighted by atomic mass is 10.0. The average Bonchev–Trinajstić information content (AvgIpc) is 2.55. The second-order valence-corrected chi connectivity index (χ2v) is 7.49. The van der Waals surface area contributed by atoms with Gasteiger partial charge in [-0.2, -0.15) is 4.31 Å². The number of sulfonamides is 1. The highest BCUT2D eigenvalue weighted by Gasteiger charge is 2.33. The summed E-state index contributed by atoms with van der Waals surface area (Å²) in [6, 6.07) is 6.90. The van der Waals surface area contributed by atoms with Gasteiger partial charge in [0.15, 0.2) is 0 Å². The van der Waals surface area contributed by atoms with Crippen LogP contribution in [0.15, 0.2) is 41.6 Å². The van der Waals surface area contributed by atoms with Gasteiger partial charge in [-0.1, -0.05) is 18.6 Å². The summed E-state index contributed by atoms with van der Waals surface area (Å²) in [5.41, 5.74) is 0. The van der Waals surface area contributed by atoms with Gasteiger partial charge in [0.2, 0.25) is 10.0 Å². The normalized spacial score (nSPS) is 20.3. The Morgan fingerprint density at radius 2 is 2.14 bits per heavy atom. The highest BCUT2D eigenvalue weighted by molar-refractivity contribution is 7.89. The molecule has 1 aromatic heterocycles. The minimum absolute atomic E-state index is 0.0101. The summed E-state index contributed by atoms with van der Waals surface area (Å²) in [5, 5.41) is 10.7. The summed E-state index contributed by atoms with van der Waals surface area (Å²) in [4.78, 5) is 4.38. The van der Waals surface area contributed by atoms with Gasteiger partial charge >= 0.3 is 0 Å². The number of hydrogen-bond acceptors (Lipinski definition) is 4. The van der Waals surface area contributed by atoms with Crippen molar-refractivity contribution in [1.29, 1.82) is 0 Å². The van der Waals surface area contributed by atoms with Crippen molar-refractivity contribution in [3.05, 3.63) is 36.7 Å². The number of aliphatic hydroxyl groups is 1. The Labute approximate surface area is 130 Å². The molecule has 6 heteroatoms. The Morgan fingerprint density at radius 3 is 2.95 bits per heavy atom. The first-order valence-electron chi connectivity index (χ1n) is 7.60. The van der Waals surface area contributed by atoms with E-state index in [1.54, 1.807) is 34.9 Å². The van der Waals surface area contributed by atoms with Crippen LogP contribution < -0.4 is 0 Å². The Hall–Kier alpha value is -1.50. The molecule has 1 aromatic carbocycles. The second kappa shape index (κ2) is 6.32. The Balaban J connectivity index is 2.07. The highest BCUT2D eigenvalue weighted by Crippen LogP contribution is 2.30. The first-order chi connectivity index (χ1) is 10.6. The van der Waals surface area contributed by atoms with Crippen LogP contribution in [-0.2, 0) is 10.0 Å². The quantitative estimate of drug-likeness (QED) is 0.937. The number of pyridine rings is 1. The molecule has 118 valence electrons. The molecule has 1 aliphatic rings. The number of piperidine rings is 1. The van der Waals surface area contributed by atoms with Crippen molar-refractivity contribution >= 4 is 20.8 Å². The van der Waals surface area contributed by atoms with E-state index >= 15 is 0 Å². The van der Waals surface area contributed by atoms with Crippen molar-refractivity contribution in [2.24, 2.45) is 0 Å². The molecule has 5 nitrogen and oxygen atoms in total. The van der Waals surface area contributed by atoms with Gasteiger partial charge in [-0.15, -0.1) is 0 Å². The molecule has 1 aliphatic heterocycles. The molecule has 22 heavy (non-hydrogen) atoms. The maximum absolute atomic E-state index is 13.1. The third kappa shape index (κ3) is 2.74. The molecule has 1 unspecified atom stereocenters. The SMILES string of the molecule is O=S(=O)(c1cccc2cnccc12)N1CCCCC1CCO. The van der Waals surface area contributed by atoms with Gasteiger partial charge in [0.1, 0.15) is 0 Å². The predicted octanol–water partition coefficient (Wildman–Crippen LogP) is 2.16. The molecule has 0 spiro atoms. The van der Waals surface area contributed by atoms with Crippen LogP contribution in [0.1, 0.15) is 25.7 Å². The number of rotatable bonds is 4. The summed E-state index contributed by atoms with van der Waals surface area (Å²) in [6.45, 7) is 0.532. The molecular weight excluding hydrogens is 300 g/mol. The van der Waals surface area contributed by atoms with E-state index in [-0.39, 0.29) is 12.6 Å². The molecule has 0 amide bonds. The lowest BCUT2D eigenvalue weighted by molar-refractivity contribution is 0.192. The van der Waals surface area contributed by atoms with Crippen LogP contribution in [-0.4, -0.2) is 42.0 Å². The molecule has 1 saturated heterocycles. The van der Waals surface area contributed by atoms with Gasteiger partial charge in [-0.25, -0.2) is 8.42 Å². The van der Waals surface area contributed by atoms with E-state index in [0.29, 0.717) is 23.2 Å². The van der Waals surface area contributed by atoms with Gasteiger partial charge < -0.3 is 5.11 Å². The smallest absolute Gasteiger partial charge is 0.243 e. The van der Waals surface area contributed by atoms with Gasteiger partial charge in [-0.3, -0.25) is 4.98 Å². The van der Waals surface area contributed by atoms with Crippen molar-refractivity contribution < 1.29 is 13.5 Å². The van der Waals surface area contributed by atoms with Crippen LogP contribution in [0.5, 0.6) is 0 Å². The van der Waals surface area contributed by atoms with E-state index in [2.05, 4.69) is 4.98 Å². The zero-order valence-electron chi connectivity index (χ0n) is 12.4. The maximum atomic E-state index is 13.1. The lowest BCUT2D eigenvalue weighted by Crippen LogP contribution is -2.44. The molecule has 1 N–H and O–H groups in total. The molecule has 1 fully saturated rings. The van der Waals surface area contributed by atoms with Crippen LogP contribution in [0.3, 0.4) is 0 Å². The van der Waals surface area contributed by atoms with Gasteiger partial charge in [0.25, 0.3) is 0 Å². The summed E-state index contributed by atoms with van der Waals surface area (Å²) in [7, 11) is -3.57.